The van der Waals surface area contributed by atoms with Gasteiger partial charge in [0.2, 0.25) is 5.60 Å². The van der Waals surface area contributed by atoms with Gasteiger partial charge in [0, 0.05) is 11.8 Å². The number of hydrogen-bond donors (Lipinski definition) is 1. The second kappa shape index (κ2) is 7.24. The molecule has 0 aromatic heterocycles. The van der Waals surface area contributed by atoms with Crippen molar-refractivity contribution in [3.8, 4) is 0 Å². The molecule has 186 valence electrons. The van der Waals surface area contributed by atoms with Crippen LogP contribution in [0.5, 0.6) is 0 Å². The van der Waals surface area contributed by atoms with Crippen molar-refractivity contribution >= 4 is 17.9 Å². The molecule has 2 aliphatic carbocycles. The molecule has 2 aliphatic heterocycles. The van der Waals surface area contributed by atoms with E-state index < -0.39 is 89.8 Å². The summed E-state index contributed by atoms with van der Waals surface area (Å²) in [6.45, 7) is 2.45. The van der Waals surface area contributed by atoms with Crippen LogP contribution in [0.25, 0.3) is 0 Å². The van der Waals surface area contributed by atoms with Crippen molar-refractivity contribution in [1.29, 1.82) is 0 Å². The largest absolute Gasteiger partial charge is 0.458 e. The molecule has 0 aromatic carbocycles. The smallest absolute Gasteiger partial charge is 0.449 e. The van der Waals surface area contributed by atoms with E-state index >= 15 is 0 Å². The van der Waals surface area contributed by atoms with Crippen LogP contribution in [-0.2, 0) is 33.3 Å². The maximum Gasteiger partial charge on any atom is 0.449 e. The zero-order chi connectivity index (χ0) is 24.7. The van der Waals surface area contributed by atoms with Crippen molar-refractivity contribution in [3.05, 3.63) is 0 Å². The maximum atomic E-state index is 14.7. The minimum Gasteiger partial charge on any atom is -0.458 e. The van der Waals surface area contributed by atoms with Crippen LogP contribution in [0.2, 0.25) is 0 Å². The fourth-order valence-electron chi connectivity index (χ4n) is 5.31. The molecule has 0 aromatic rings. The first kappa shape index (κ1) is 24.1. The molecule has 33 heavy (non-hydrogen) atoms. The van der Waals surface area contributed by atoms with Gasteiger partial charge in [-0.25, -0.2) is 0 Å². The first-order valence-electron chi connectivity index (χ1n) is 10.5. The number of ether oxygens (including phenoxy) is 4. The normalized spacial score (nSPS) is 44.0. The van der Waals surface area contributed by atoms with Crippen molar-refractivity contribution in [2.24, 2.45) is 29.6 Å². The van der Waals surface area contributed by atoms with Crippen LogP contribution < -0.4 is 0 Å². The monoisotopic (exact) mass is 486 g/mol. The third-order valence-corrected chi connectivity index (χ3v) is 7.44. The number of esters is 3. The third-order valence-electron chi connectivity index (χ3n) is 7.44. The molecule has 9 atom stereocenters. The first-order valence-corrected chi connectivity index (χ1v) is 10.5. The topological polar surface area (TPSA) is 108 Å². The molecule has 2 saturated heterocycles. The third kappa shape index (κ3) is 3.10. The van der Waals surface area contributed by atoms with Crippen LogP contribution in [0.1, 0.15) is 33.6 Å². The first-order chi connectivity index (χ1) is 15.1. The Morgan fingerprint density at radius 3 is 2.45 bits per heavy atom. The molecular weight excluding hydrogens is 463 g/mol. The number of hydrogen-bond acceptors (Lipinski definition) is 8. The van der Waals surface area contributed by atoms with Crippen molar-refractivity contribution in [3.63, 3.8) is 0 Å². The van der Waals surface area contributed by atoms with Gasteiger partial charge in [0.1, 0.15) is 12.2 Å². The minimum atomic E-state index is -5.87. The van der Waals surface area contributed by atoms with E-state index in [1.54, 1.807) is 13.8 Å². The SMILES string of the molecule is CCC(C)C(=O)OC1C2CC3C1OC(=O)C3C2C(=O)OC1(C)COC(O)(C(F)(F)F)C1(F)F. The lowest BCUT2D eigenvalue weighted by Crippen LogP contribution is -2.63. The molecule has 4 rings (SSSR count). The Morgan fingerprint density at radius 1 is 1.27 bits per heavy atom. The highest BCUT2D eigenvalue weighted by Crippen LogP contribution is 2.60. The number of carbonyl (C=O) groups excluding carboxylic acids is 3. The van der Waals surface area contributed by atoms with E-state index in [0.717, 1.165) is 0 Å². The van der Waals surface area contributed by atoms with E-state index in [4.69, 9.17) is 14.2 Å². The number of alkyl halides is 5. The lowest BCUT2D eigenvalue weighted by molar-refractivity contribution is -0.409. The zero-order valence-electron chi connectivity index (χ0n) is 17.9. The highest BCUT2D eigenvalue weighted by atomic mass is 19.4. The highest BCUT2D eigenvalue weighted by molar-refractivity contribution is 5.86. The average molecular weight is 486 g/mol. The van der Waals surface area contributed by atoms with Gasteiger partial charge < -0.3 is 24.1 Å². The Morgan fingerprint density at radius 2 is 1.91 bits per heavy atom. The van der Waals surface area contributed by atoms with Gasteiger partial charge in [0.05, 0.1) is 24.4 Å². The summed E-state index contributed by atoms with van der Waals surface area (Å²) < 4.78 is 88.2. The Balaban J connectivity index is 1.58. The van der Waals surface area contributed by atoms with E-state index in [1.807, 2.05) is 0 Å². The van der Waals surface area contributed by atoms with Crippen LogP contribution in [0, 0.1) is 29.6 Å². The molecule has 13 heteroatoms. The molecule has 2 heterocycles. The maximum absolute atomic E-state index is 14.7. The standard InChI is InChI=1S/C20H23F5O8/c1-4-7(2)14(26)31-12-9-5-8-10(15(27)32-13(8)12)11(9)16(28)33-17(3)6-30-19(29,18(17,21)22)20(23,24)25/h7-13,29H,4-6H2,1-3H3. The highest BCUT2D eigenvalue weighted by Gasteiger charge is 2.83. The zero-order valence-corrected chi connectivity index (χ0v) is 17.9. The van der Waals surface area contributed by atoms with Gasteiger partial charge in [-0.3, -0.25) is 14.4 Å². The molecule has 2 bridgehead atoms. The molecule has 4 fully saturated rings. The molecule has 2 saturated carbocycles. The van der Waals surface area contributed by atoms with E-state index in [-0.39, 0.29) is 6.42 Å². The number of rotatable bonds is 5. The van der Waals surface area contributed by atoms with Gasteiger partial charge in [-0.2, -0.15) is 22.0 Å². The van der Waals surface area contributed by atoms with Crippen molar-refractivity contribution in [2.75, 3.05) is 6.61 Å². The summed E-state index contributed by atoms with van der Waals surface area (Å²) in [5.74, 6) is -16.8. The van der Waals surface area contributed by atoms with Gasteiger partial charge in [-0.15, -0.1) is 0 Å². The van der Waals surface area contributed by atoms with E-state index in [2.05, 4.69) is 4.74 Å². The lowest BCUT2D eigenvalue weighted by Gasteiger charge is -2.37. The second-order valence-electron chi connectivity index (χ2n) is 9.38. The Hall–Kier alpha value is -2.02. The second-order valence-corrected chi connectivity index (χ2v) is 9.38. The molecule has 9 unspecified atom stereocenters. The fourth-order valence-corrected chi connectivity index (χ4v) is 5.31. The summed E-state index contributed by atoms with van der Waals surface area (Å²) in [6, 6.07) is 0. The molecule has 0 radical (unpaired) electrons. The van der Waals surface area contributed by atoms with E-state index in [1.165, 1.54) is 0 Å². The molecule has 0 spiro atoms. The number of halogens is 5. The van der Waals surface area contributed by atoms with Gasteiger partial charge >= 0.3 is 35.8 Å². The van der Waals surface area contributed by atoms with E-state index in [0.29, 0.717) is 13.3 Å². The summed E-state index contributed by atoms with van der Waals surface area (Å²) >= 11 is 0. The molecule has 4 aliphatic rings. The number of aliphatic hydroxyl groups is 1. The average Bonchev–Trinajstić information content (AvgIpc) is 3.37. The van der Waals surface area contributed by atoms with Gasteiger partial charge in [0.15, 0.2) is 0 Å². The van der Waals surface area contributed by atoms with Gasteiger partial charge in [0.25, 0.3) is 0 Å². The Labute approximate surface area is 184 Å². The summed E-state index contributed by atoms with van der Waals surface area (Å²) in [6.07, 6.45) is -6.97. The summed E-state index contributed by atoms with van der Waals surface area (Å²) in [7, 11) is 0. The van der Waals surface area contributed by atoms with Gasteiger partial charge in [-0.05, 0) is 19.8 Å². The van der Waals surface area contributed by atoms with Crippen molar-refractivity contribution < 1.29 is 60.4 Å². The molecule has 1 N–H and O–H groups in total. The quantitative estimate of drug-likeness (QED) is 0.357. The molecule has 8 nitrogen and oxygen atoms in total. The fraction of sp³-hybridized carbons (Fsp3) is 0.850. The van der Waals surface area contributed by atoms with Crippen LogP contribution in [0.15, 0.2) is 0 Å². The lowest BCUT2D eigenvalue weighted by atomic mass is 9.78. The van der Waals surface area contributed by atoms with Crippen LogP contribution >= 0.6 is 0 Å². The summed E-state index contributed by atoms with van der Waals surface area (Å²) in [5.41, 5.74) is -3.17. The van der Waals surface area contributed by atoms with Crippen LogP contribution in [-0.4, -0.2) is 65.3 Å². The van der Waals surface area contributed by atoms with Crippen molar-refractivity contribution in [2.45, 2.75) is 69.3 Å². The number of carbonyl (C=O) groups is 3. The van der Waals surface area contributed by atoms with E-state index in [9.17, 15) is 41.4 Å². The predicted molar refractivity (Wildman–Crippen MR) is 94.2 cm³/mol. The van der Waals surface area contributed by atoms with Crippen LogP contribution in [0.3, 0.4) is 0 Å². The Kier molecular flexibility index (Phi) is 5.29. The number of fused-ring (bicyclic) bond motifs is 1. The minimum absolute atomic E-state index is 0.218. The Bertz CT molecular complexity index is 877. The predicted octanol–water partition coefficient (Wildman–Crippen LogP) is 1.97. The van der Waals surface area contributed by atoms with Crippen LogP contribution in [0.4, 0.5) is 22.0 Å². The molecule has 0 amide bonds. The summed E-state index contributed by atoms with van der Waals surface area (Å²) in [5, 5.41) is 9.52. The molecular formula is C20H23F5O8. The van der Waals surface area contributed by atoms with Gasteiger partial charge in [-0.1, -0.05) is 13.8 Å². The van der Waals surface area contributed by atoms with Crippen molar-refractivity contribution in [1.82, 2.24) is 0 Å². The summed E-state index contributed by atoms with van der Waals surface area (Å²) in [4.78, 5) is 37.6.